The number of aliphatic hydroxyl groups is 1. The van der Waals surface area contributed by atoms with Gasteiger partial charge in [-0.3, -0.25) is 4.79 Å². The number of carbonyl (C=O) groups is 1. The smallest absolute Gasteiger partial charge is 0.302 e. The topological polar surface area (TPSA) is 55.8 Å². The van der Waals surface area contributed by atoms with Crippen molar-refractivity contribution in [3.05, 3.63) is 12.2 Å². The molecule has 4 nitrogen and oxygen atoms in total. The molecule has 0 radical (unpaired) electrons. The molecule has 0 aromatic heterocycles. The summed E-state index contributed by atoms with van der Waals surface area (Å²) in [7, 11) is 0. The first kappa shape index (κ1) is 10.8. The van der Waals surface area contributed by atoms with Gasteiger partial charge in [-0.05, 0) is 0 Å². The van der Waals surface area contributed by atoms with Crippen LogP contribution in [0.3, 0.4) is 0 Å². The average molecular weight is 196 g/mol. The molecule has 0 bridgehead atoms. The van der Waals surface area contributed by atoms with Crippen LogP contribution in [0.15, 0.2) is 12.2 Å². The molecule has 0 saturated carbocycles. The second-order valence-corrected chi connectivity index (χ2v) is 2.94. The third kappa shape index (κ3) is 2.87. The molecule has 1 aliphatic heterocycles. The number of carbonyl (C=O) groups excluding carboxylic acids is 1. The van der Waals surface area contributed by atoms with Gasteiger partial charge in [-0.15, -0.1) is 6.42 Å². The number of terminal acetylenes is 1. The van der Waals surface area contributed by atoms with Crippen molar-refractivity contribution < 1.29 is 19.4 Å². The van der Waals surface area contributed by atoms with Crippen molar-refractivity contribution in [3.63, 3.8) is 0 Å². The van der Waals surface area contributed by atoms with Crippen molar-refractivity contribution in [1.29, 1.82) is 0 Å². The molecule has 0 amide bonds. The summed E-state index contributed by atoms with van der Waals surface area (Å²) in [6.07, 6.45) is 6.48. The van der Waals surface area contributed by atoms with Gasteiger partial charge in [0, 0.05) is 6.92 Å². The molecular weight excluding hydrogens is 184 g/mol. The Bertz CT molecular complexity index is 276. The fourth-order valence-corrected chi connectivity index (χ4v) is 1.09. The molecule has 1 rings (SSSR count). The van der Waals surface area contributed by atoms with E-state index >= 15 is 0 Å². The van der Waals surface area contributed by atoms with Crippen LogP contribution in [-0.4, -0.2) is 36.0 Å². The quantitative estimate of drug-likeness (QED) is 0.379. The molecule has 14 heavy (non-hydrogen) atoms. The van der Waals surface area contributed by atoms with E-state index in [2.05, 4.69) is 5.92 Å². The summed E-state index contributed by atoms with van der Waals surface area (Å²) < 4.78 is 9.99. The SMILES string of the molecule is C#CC1OC(COC(C)=O)C=CC1O. The van der Waals surface area contributed by atoms with Crippen LogP contribution in [0.5, 0.6) is 0 Å². The third-order valence-corrected chi connectivity index (χ3v) is 1.77. The zero-order valence-electron chi connectivity index (χ0n) is 7.84. The molecule has 1 heterocycles. The first-order valence-electron chi connectivity index (χ1n) is 4.25. The van der Waals surface area contributed by atoms with E-state index in [4.69, 9.17) is 15.9 Å². The van der Waals surface area contributed by atoms with E-state index in [9.17, 15) is 9.90 Å². The minimum Gasteiger partial charge on any atom is -0.463 e. The molecule has 76 valence electrons. The highest BCUT2D eigenvalue weighted by Gasteiger charge is 2.24. The predicted octanol–water partition coefficient (Wildman–Crippen LogP) is -0.133. The zero-order valence-corrected chi connectivity index (χ0v) is 7.84. The maximum Gasteiger partial charge on any atom is 0.302 e. The van der Waals surface area contributed by atoms with E-state index in [-0.39, 0.29) is 18.7 Å². The average Bonchev–Trinajstić information content (AvgIpc) is 2.16. The molecule has 3 unspecified atom stereocenters. The lowest BCUT2D eigenvalue weighted by molar-refractivity contribution is -0.145. The Labute approximate surface area is 82.5 Å². The predicted molar refractivity (Wildman–Crippen MR) is 49.3 cm³/mol. The van der Waals surface area contributed by atoms with Crippen molar-refractivity contribution in [1.82, 2.24) is 0 Å². The van der Waals surface area contributed by atoms with Crippen LogP contribution in [0.2, 0.25) is 0 Å². The second kappa shape index (κ2) is 4.80. The van der Waals surface area contributed by atoms with Crippen LogP contribution in [0.4, 0.5) is 0 Å². The van der Waals surface area contributed by atoms with Gasteiger partial charge in [0.05, 0.1) is 0 Å². The fraction of sp³-hybridized carbons (Fsp3) is 0.500. The lowest BCUT2D eigenvalue weighted by Crippen LogP contribution is -2.36. The van der Waals surface area contributed by atoms with Crippen molar-refractivity contribution in [3.8, 4) is 12.3 Å². The minimum absolute atomic E-state index is 0.122. The standard InChI is InChI=1S/C10H12O4/c1-3-10-9(12)5-4-8(14-10)6-13-7(2)11/h1,4-5,8-10,12H,6H2,2H3. The summed E-state index contributed by atoms with van der Waals surface area (Å²) in [5.74, 6) is 1.94. The number of esters is 1. The summed E-state index contributed by atoms with van der Waals surface area (Å²) in [6.45, 7) is 1.44. The summed E-state index contributed by atoms with van der Waals surface area (Å²) >= 11 is 0. The number of hydrogen-bond donors (Lipinski definition) is 1. The Morgan fingerprint density at radius 3 is 3.00 bits per heavy atom. The Morgan fingerprint density at radius 1 is 1.71 bits per heavy atom. The highest BCUT2D eigenvalue weighted by atomic mass is 16.6. The second-order valence-electron chi connectivity index (χ2n) is 2.94. The highest BCUT2D eigenvalue weighted by Crippen LogP contribution is 2.12. The Balaban J connectivity index is 2.46. The van der Waals surface area contributed by atoms with E-state index in [1.165, 1.54) is 6.92 Å². The highest BCUT2D eigenvalue weighted by molar-refractivity contribution is 5.65. The molecular formula is C10H12O4. The lowest BCUT2D eigenvalue weighted by atomic mass is 10.1. The molecule has 0 fully saturated rings. The first-order valence-corrected chi connectivity index (χ1v) is 4.25. The van der Waals surface area contributed by atoms with Crippen LogP contribution in [-0.2, 0) is 14.3 Å². The van der Waals surface area contributed by atoms with E-state index in [0.29, 0.717) is 0 Å². The Hall–Kier alpha value is -1.31. The van der Waals surface area contributed by atoms with Gasteiger partial charge < -0.3 is 14.6 Å². The zero-order chi connectivity index (χ0) is 10.6. The van der Waals surface area contributed by atoms with E-state index < -0.39 is 12.2 Å². The van der Waals surface area contributed by atoms with Gasteiger partial charge in [-0.25, -0.2) is 0 Å². The third-order valence-electron chi connectivity index (χ3n) is 1.77. The molecule has 0 aliphatic carbocycles. The largest absolute Gasteiger partial charge is 0.463 e. The summed E-state index contributed by atoms with van der Waals surface area (Å²) in [5.41, 5.74) is 0. The summed E-state index contributed by atoms with van der Waals surface area (Å²) in [4.78, 5) is 10.5. The van der Waals surface area contributed by atoms with E-state index in [1.54, 1.807) is 12.2 Å². The van der Waals surface area contributed by atoms with Crippen molar-refractivity contribution >= 4 is 5.97 Å². The molecule has 0 aromatic carbocycles. The van der Waals surface area contributed by atoms with Gasteiger partial charge in [-0.1, -0.05) is 18.1 Å². The maximum absolute atomic E-state index is 10.5. The monoisotopic (exact) mass is 196 g/mol. The molecule has 4 heteroatoms. The lowest BCUT2D eigenvalue weighted by Gasteiger charge is -2.25. The Morgan fingerprint density at radius 2 is 2.43 bits per heavy atom. The molecule has 1 aliphatic rings. The van der Waals surface area contributed by atoms with Crippen LogP contribution in [0.1, 0.15) is 6.92 Å². The van der Waals surface area contributed by atoms with Crippen LogP contribution < -0.4 is 0 Å². The van der Waals surface area contributed by atoms with Gasteiger partial charge in [-0.2, -0.15) is 0 Å². The first-order chi connectivity index (χ1) is 6.63. The summed E-state index contributed by atoms with van der Waals surface area (Å²) in [6, 6.07) is 0. The van der Waals surface area contributed by atoms with Gasteiger partial charge in [0.2, 0.25) is 0 Å². The number of hydrogen-bond acceptors (Lipinski definition) is 4. The van der Waals surface area contributed by atoms with Gasteiger partial charge >= 0.3 is 5.97 Å². The van der Waals surface area contributed by atoms with Crippen LogP contribution >= 0.6 is 0 Å². The molecule has 1 N–H and O–H groups in total. The Kier molecular flexibility index (Phi) is 3.69. The van der Waals surface area contributed by atoms with Gasteiger partial charge in [0.15, 0.2) is 0 Å². The van der Waals surface area contributed by atoms with Crippen molar-refractivity contribution in [2.75, 3.05) is 6.61 Å². The van der Waals surface area contributed by atoms with Gasteiger partial charge in [0.1, 0.15) is 24.9 Å². The molecule has 0 aromatic rings. The molecule has 0 spiro atoms. The summed E-state index contributed by atoms with van der Waals surface area (Å²) in [5, 5.41) is 9.30. The van der Waals surface area contributed by atoms with Crippen molar-refractivity contribution in [2.45, 2.75) is 25.2 Å². The van der Waals surface area contributed by atoms with Crippen LogP contribution in [0.25, 0.3) is 0 Å². The molecule has 3 atom stereocenters. The van der Waals surface area contributed by atoms with Gasteiger partial charge in [0.25, 0.3) is 0 Å². The maximum atomic E-state index is 10.5. The molecule has 0 saturated heterocycles. The number of ether oxygens (including phenoxy) is 2. The normalized spacial score (nSPS) is 30.8. The van der Waals surface area contributed by atoms with E-state index in [0.717, 1.165) is 0 Å². The van der Waals surface area contributed by atoms with Crippen LogP contribution in [0, 0.1) is 12.3 Å². The van der Waals surface area contributed by atoms with Crippen molar-refractivity contribution in [2.24, 2.45) is 0 Å². The fourth-order valence-electron chi connectivity index (χ4n) is 1.09. The van der Waals surface area contributed by atoms with E-state index in [1.807, 2.05) is 0 Å². The number of rotatable bonds is 2. The number of aliphatic hydroxyl groups excluding tert-OH is 1. The minimum atomic E-state index is -0.784.